The summed E-state index contributed by atoms with van der Waals surface area (Å²) in [4.78, 5) is 8.12. The predicted molar refractivity (Wildman–Crippen MR) is 77.3 cm³/mol. The SMILES string of the molecule is c1ccc(C2NCCn3c(-c4cncnc4)nnc32)cc1. The largest absolute Gasteiger partial charge is 0.308 e. The summed E-state index contributed by atoms with van der Waals surface area (Å²) in [6.07, 6.45) is 5.05. The fraction of sp³-hybridized carbons (Fsp3) is 0.200. The molecule has 0 fully saturated rings. The number of hydrogen-bond acceptors (Lipinski definition) is 5. The van der Waals surface area contributed by atoms with Crippen molar-refractivity contribution in [1.82, 2.24) is 30.0 Å². The van der Waals surface area contributed by atoms with Crippen molar-refractivity contribution in [3.05, 3.63) is 60.4 Å². The van der Waals surface area contributed by atoms with Gasteiger partial charge in [-0.05, 0) is 5.56 Å². The molecule has 1 N–H and O–H groups in total. The molecule has 1 atom stereocenters. The summed E-state index contributed by atoms with van der Waals surface area (Å²) < 4.78 is 2.15. The van der Waals surface area contributed by atoms with Gasteiger partial charge in [0, 0.05) is 25.5 Å². The minimum absolute atomic E-state index is 0.0748. The molecule has 3 heterocycles. The Hall–Kier alpha value is -2.60. The Bertz CT molecular complexity index is 737. The second-order valence-corrected chi connectivity index (χ2v) is 4.96. The van der Waals surface area contributed by atoms with Crippen molar-refractivity contribution in [3.63, 3.8) is 0 Å². The lowest BCUT2D eigenvalue weighted by Crippen LogP contribution is -2.34. The van der Waals surface area contributed by atoms with Crippen LogP contribution in [0.15, 0.2) is 49.1 Å². The molecule has 104 valence electrons. The normalized spacial score (nSPS) is 17.4. The Kier molecular flexibility index (Phi) is 2.93. The van der Waals surface area contributed by atoms with E-state index in [-0.39, 0.29) is 6.04 Å². The van der Waals surface area contributed by atoms with Crippen molar-refractivity contribution in [3.8, 4) is 11.4 Å². The molecule has 4 rings (SSSR count). The van der Waals surface area contributed by atoms with Crippen LogP contribution in [0, 0.1) is 0 Å². The number of nitrogens with zero attached hydrogens (tertiary/aromatic N) is 5. The first-order valence-electron chi connectivity index (χ1n) is 6.90. The van der Waals surface area contributed by atoms with Crippen LogP contribution >= 0.6 is 0 Å². The molecule has 1 aromatic carbocycles. The van der Waals surface area contributed by atoms with Crippen LogP contribution in [0.5, 0.6) is 0 Å². The van der Waals surface area contributed by atoms with E-state index in [1.54, 1.807) is 12.4 Å². The molecule has 6 nitrogen and oxygen atoms in total. The number of fused-ring (bicyclic) bond motifs is 1. The van der Waals surface area contributed by atoms with Gasteiger partial charge in [-0.1, -0.05) is 30.3 Å². The summed E-state index contributed by atoms with van der Waals surface area (Å²) in [5.74, 6) is 1.76. The lowest BCUT2D eigenvalue weighted by molar-refractivity contribution is 0.458. The third-order valence-corrected chi connectivity index (χ3v) is 3.67. The second-order valence-electron chi connectivity index (χ2n) is 4.96. The van der Waals surface area contributed by atoms with Gasteiger partial charge in [0.1, 0.15) is 6.33 Å². The van der Waals surface area contributed by atoms with Gasteiger partial charge in [-0.25, -0.2) is 9.97 Å². The zero-order valence-corrected chi connectivity index (χ0v) is 11.3. The van der Waals surface area contributed by atoms with Crippen molar-refractivity contribution in [2.75, 3.05) is 6.54 Å². The Morgan fingerprint density at radius 1 is 1.05 bits per heavy atom. The monoisotopic (exact) mass is 278 g/mol. The topological polar surface area (TPSA) is 68.5 Å². The average Bonchev–Trinajstić information content (AvgIpc) is 3.00. The molecule has 0 radical (unpaired) electrons. The van der Waals surface area contributed by atoms with Gasteiger partial charge >= 0.3 is 0 Å². The summed E-state index contributed by atoms with van der Waals surface area (Å²) in [5, 5.41) is 12.2. The number of hydrogen-bond donors (Lipinski definition) is 1. The smallest absolute Gasteiger partial charge is 0.167 e. The summed E-state index contributed by atoms with van der Waals surface area (Å²) in [7, 11) is 0. The van der Waals surface area contributed by atoms with Gasteiger partial charge in [-0.2, -0.15) is 0 Å². The standard InChI is InChI=1S/C15H14N6/c1-2-4-11(5-3-1)13-15-20-19-14(21(15)7-6-18-13)12-8-16-10-17-9-12/h1-5,8-10,13,18H,6-7H2. The van der Waals surface area contributed by atoms with E-state index in [0.29, 0.717) is 0 Å². The van der Waals surface area contributed by atoms with Crippen LogP contribution in [0.25, 0.3) is 11.4 Å². The maximum absolute atomic E-state index is 4.39. The van der Waals surface area contributed by atoms with Crippen LogP contribution in [0.1, 0.15) is 17.4 Å². The molecule has 0 spiro atoms. The maximum atomic E-state index is 4.39. The first-order valence-corrected chi connectivity index (χ1v) is 6.90. The highest BCUT2D eigenvalue weighted by Crippen LogP contribution is 2.27. The molecule has 0 bridgehead atoms. The highest BCUT2D eigenvalue weighted by molar-refractivity contribution is 5.52. The summed E-state index contributed by atoms with van der Waals surface area (Å²) >= 11 is 0. The highest BCUT2D eigenvalue weighted by atomic mass is 15.3. The van der Waals surface area contributed by atoms with E-state index in [4.69, 9.17) is 0 Å². The van der Waals surface area contributed by atoms with Crippen molar-refractivity contribution >= 4 is 0 Å². The molecule has 0 amide bonds. The van der Waals surface area contributed by atoms with Crippen LogP contribution in [0.2, 0.25) is 0 Å². The third kappa shape index (κ3) is 2.09. The van der Waals surface area contributed by atoms with E-state index in [0.717, 1.165) is 30.3 Å². The fourth-order valence-electron chi connectivity index (χ4n) is 2.70. The minimum atomic E-state index is 0.0748. The molecule has 1 aliphatic rings. The van der Waals surface area contributed by atoms with E-state index >= 15 is 0 Å². The van der Waals surface area contributed by atoms with Crippen LogP contribution in [0.4, 0.5) is 0 Å². The van der Waals surface area contributed by atoms with Crippen LogP contribution < -0.4 is 5.32 Å². The zero-order valence-electron chi connectivity index (χ0n) is 11.3. The van der Waals surface area contributed by atoms with E-state index in [1.165, 1.54) is 11.9 Å². The molecule has 0 saturated heterocycles. The first-order chi connectivity index (χ1) is 10.4. The highest BCUT2D eigenvalue weighted by Gasteiger charge is 2.26. The van der Waals surface area contributed by atoms with Crippen molar-refractivity contribution in [2.24, 2.45) is 0 Å². The van der Waals surface area contributed by atoms with E-state index < -0.39 is 0 Å². The third-order valence-electron chi connectivity index (χ3n) is 3.67. The van der Waals surface area contributed by atoms with Crippen molar-refractivity contribution in [2.45, 2.75) is 12.6 Å². The Morgan fingerprint density at radius 3 is 2.67 bits per heavy atom. The molecule has 0 aliphatic carbocycles. The molecular formula is C15H14N6. The van der Waals surface area contributed by atoms with Gasteiger partial charge in [0.2, 0.25) is 0 Å². The average molecular weight is 278 g/mol. The van der Waals surface area contributed by atoms with E-state index in [9.17, 15) is 0 Å². The van der Waals surface area contributed by atoms with Crippen LogP contribution in [0.3, 0.4) is 0 Å². The van der Waals surface area contributed by atoms with Crippen LogP contribution in [-0.4, -0.2) is 31.3 Å². The molecular weight excluding hydrogens is 264 g/mol. The summed E-state index contributed by atoms with van der Waals surface area (Å²) in [6.45, 7) is 1.72. The molecule has 3 aromatic rings. The van der Waals surface area contributed by atoms with Crippen molar-refractivity contribution in [1.29, 1.82) is 0 Å². The lowest BCUT2D eigenvalue weighted by atomic mass is 10.0. The predicted octanol–water partition coefficient (Wildman–Crippen LogP) is 1.43. The first kappa shape index (κ1) is 12.2. The van der Waals surface area contributed by atoms with Crippen molar-refractivity contribution < 1.29 is 0 Å². The van der Waals surface area contributed by atoms with Gasteiger partial charge in [-0.3, -0.25) is 0 Å². The van der Waals surface area contributed by atoms with Gasteiger partial charge in [-0.15, -0.1) is 10.2 Å². The molecule has 1 aliphatic heterocycles. The molecule has 21 heavy (non-hydrogen) atoms. The zero-order chi connectivity index (χ0) is 14.1. The van der Waals surface area contributed by atoms with Gasteiger partial charge in [0.25, 0.3) is 0 Å². The maximum Gasteiger partial charge on any atom is 0.167 e. The van der Waals surface area contributed by atoms with Gasteiger partial charge in [0.05, 0.1) is 11.6 Å². The summed E-state index contributed by atoms with van der Waals surface area (Å²) in [6, 6.07) is 10.4. The number of nitrogens with one attached hydrogen (secondary N) is 1. The van der Waals surface area contributed by atoms with Gasteiger partial charge in [0.15, 0.2) is 11.6 Å². The Balaban J connectivity index is 1.79. The minimum Gasteiger partial charge on any atom is -0.308 e. The summed E-state index contributed by atoms with van der Waals surface area (Å²) in [5.41, 5.74) is 2.09. The Labute approximate surface area is 121 Å². The van der Waals surface area contributed by atoms with E-state index in [1.807, 2.05) is 18.2 Å². The van der Waals surface area contributed by atoms with Crippen LogP contribution in [-0.2, 0) is 6.54 Å². The molecule has 2 aromatic heterocycles. The quantitative estimate of drug-likeness (QED) is 0.768. The number of benzene rings is 1. The Morgan fingerprint density at radius 2 is 1.86 bits per heavy atom. The number of aromatic nitrogens is 5. The number of rotatable bonds is 2. The lowest BCUT2D eigenvalue weighted by Gasteiger charge is -2.25. The molecule has 1 unspecified atom stereocenters. The molecule has 0 saturated carbocycles. The fourth-order valence-corrected chi connectivity index (χ4v) is 2.70. The molecule has 6 heteroatoms. The van der Waals surface area contributed by atoms with Gasteiger partial charge < -0.3 is 9.88 Å². The van der Waals surface area contributed by atoms with E-state index in [2.05, 4.69) is 42.2 Å². The second kappa shape index (κ2) is 5.06.